The molecule has 0 unspecified atom stereocenters. The Labute approximate surface area is 188 Å². The van der Waals surface area contributed by atoms with E-state index in [0.29, 0.717) is 24.2 Å². The Bertz CT molecular complexity index is 869. The Morgan fingerprint density at radius 1 is 0.875 bits per heavy atom. The van der Waals surface area contributed by atoms with E-state index < -0.39 is 29.7 Å². The molecule has 0 bridgehead atoms. The standard InChI is InChI=1S/C26H33F3O3/c1-4-6-7-8-9-10-15-31-23-13-11-19(16-21(23)27)20-12-14-24(22(28)17-20)32-26(30)25(29)18(3)5-2/h11-14,16-18,25H,4-10,15H2,1-3H3/t18-,25+/m0/s1. The fourth-order valence-corrected chi connectivity index (χ4v) is 3.23. The molecule has 2 atom stereocenters. The van der Waals surface area contributed by atoms with E-state index in [1.165, 1.54) is 43.5 Å². The average molecular weight is 451 g/mol. The van der Waals surface area contributed by atoms with Crippen LogP contribution in [0.2, 0.25) is 0 Å². The molecule has 0 aliphatic heterocycles. The first-order chi connectivity index (χ1) is 15.4. The van der Waals surface area contributed by atoms with Gasteiger partial charge in [0.1, 0.15) is 0 Å². The van der Waals surface area contributed by atoms with Crippen LogP contribution in [-0.2, 0) is 4.79 Å². The molecule has 0 N–H and O–H groups in total. The Hall–Kier alpha value is -2.50. The van der Waals surface area contributed by atoms with Crippen molar-refractivity contribution in [1.82, 2.24) is 0 Å². The zero-order chi connectivity index (χ0) is 23.5. The number of benzene rings is 2. The molecule has 176 valence electrons. The number of ether oxygens (including phenoxy) is 2. The number of rotatable bonds is 13. The first-order valence-electron chi connectivity index (χ1n) is 11.4. The summed E-state index contributed by atoms with van der Waals surface area (Å²) in [5, 5.41) is 0. The van der Waals surface area contributed by atoms with Crippen LogP contribution in [0.5, 0.6) is 11.5 Å². The summed E-state index contributed by atoms with van der Waals surface area (Å²) in [6.45, 7) is 5.96. The third kappa shape index (κ3) is 7.57. The summed E-state index contributed by atoms with van der Waals surface area (Å²) in [5.74, 6) is -3.19. The number of unbranched alkanes of at least 4 members (excludes halogenated alkanes) is 5. The fraction of sp³-hybridized carbons (Fsp3) is 0.500. The van der Waals surface area contributed by atoms with Crippen LogP contribution in [0.15, 0.2) is 36.4 Å². The number of hydrogen-bond acceptors (Lipinski definition) is 3. The second kappa shape index (κ2) is 13.1. The topological polar surface area (TPSA) is 35.5 Å². The molecule has 0 saturated carbocycles. The molecular weight excluding hydrogens is 417 g/mol. The SMILES string of the molecule is CCCCCCCCOc1ccc(-c2ccc(OC(=O)[C@H](F)[C@@H](C)CC)c(F)c2)cc1F. The van der Waals surface area contributed by atoms with E-state index >= 15 is 0 Å². The lowest BCUT2D eigenvalue weighted by molar-refractivity contribution is -0.142. The molecule has 0 saturated heterocycles. The highest BCUT2D eigenvalue weighted by molar-refractivity contribution is 5.77. The van der Waals surface area contributed by atoms with Gasteiger partial charge >= 0.3 is 5.97 Å². The highest BCUT2D eigenvalue weighted by Crippen LogP contribution is 2.29. The monoisotopic (exact) mass is 450 g/mol. The lowest BCUT2D eigenvalue weighted by atomic mass is 10.0. The number of hydrogen-bond donors (Lipinski definition) is 0. The molecular formula is C26H33F3O3. The van der Waals surface area contributed by atoms with Gasteiger partial charge in [0, 0.05) is 0 Å². The molecule has 0 aliphatic rings. The summed E-state index contributed by atoms with van der Waals surface area (Å²) in [7, 11) is 0. The maximum atomic E-state index is 14.4. The van der Waals surface area contributed by atoms with Crippen molar-refractivity contribution in [3.63, 3.8) is 0 Å². The zero-order valence-corrected chi connectivity index (χ0v) is 19.1. The van der Waals surface area contributed by atoms with E-state index in [0.717, 1.165) is 25.3 Å². The Morgan fingerprint density at radius 3 is 2.00 bits per heavy atom. The molecule has 2 aromatic carbocycles. The van der Waals surface area contributed by atoms with Crippen LogP contribution >= 0.6 is 0 Å². The van der Waals surface area contributed by atoms with Gasteiger partial charge in [-0.2, -0.15) is 0 Å². The summed E-state index contributed by atoms with van der Waals surface area (Å²) in [6, 6.07) is 8.30. The summed E-state index contributed by atoms with van der Waals surface area (Å²) in [5.41, 5.74) is 0.858. The molecule has 32 heavy (non-hydrogen) atoms. The maximum Gasteiger partial charge on any atom is 0.346 e. The van der Waals surface area contributed by atoms with E-state index in [4.69, 9.17) is 9.47 Å². The van der Waals surface area contributed by atoms with Crippen LogP contribution in [0.25, 0.3) is 11.1 Å². The van der Waals surface area contributed by atoms with Crippen molar-refractivity contribution in [2.45, 2.75) is 71.9 Å². The molecule has 6 heteroatoms. The van der Waals surface area contributed by atoms with E-state index in [9.17, 15) is 18.0 Å². The summed E-state index contributed by atoms with van der Waals surface area (Å²) in [6.07, 6.45) is 5.35. The number of carbonyl (C=O) groups excluding carboxylic acids is 1. The fourth-order valence-electron chi connectivity index (χ4n) is 3.23. The highest BCUT2D eigenvalue weighted by Gasteiger charge is 2.26. The summed E-state index contributed by atoms with van der Waals surface area (Å²) >= 11 is 0. The van der Waals surface area contributed by atoms with Crippen LogP contribution in [0.3, 0.4) is 0 Å². The minimum Gasteiger partial charge on any atom is -0.491 e. The molecule has 0 aliphatic carbocycles. The van der Waals surface area contributed by atoms with Gasteiger partial charge in [0.2, 0.25) is 0 Å². The minimum absolute atomic E-state index is 0.160. The van der Waals surface area contributed by atoms with Crippen molar-refractivity contribution in [1.29, 1.82) is 0 Å². The normalized spacial score (nSPS) is 12.9. The van der Waals surface area contributed by atoms with Gasteiger partial charge in [-0.15, -0.1) is 0 Å². The maximum absolute atomic E-state index is 14.4. The lowest BCUT2D eigenvalue weighted by Crippen LogP contribution is -2.28. The van der Waals surface area contributed by atoms with Gasteiger partial charge < -0.3 is 9.47 Å². The third-order valence-corrected chi connectivity index (χ3v) is 5.53. The Kier molecular flexibility index (Phi) is 10.6. The zero-order valence-electron chi connectivity index (χ0n) is 19.1. The Morgan fingerprint density at radius 2 is 1.44 bits per heavy atom. The number of carbonyl (C=O) groups is 1. The molecule has 2 aromatic rings. The number of alkyl halides is 1. The largest absolute Gasteiger partial charge is 0.491 e. The van der Waals surface area contributed by atoms with Crippen molar-refractivity contribution >= 4 is 5.97 Å². The number of halogens is 3. The van der Waals surface area contributed by atoms with Gasteiger partial charge in [-0.05, 0) is 47.7 Å². The van der Waals surface area contributed by atoms with Crippen LogP contribution < -0.4 is 9.47 Å². The molecule has 3 nitrogen and oxygen atoms in total. The van der Waals surface area contributed by atoms with Gasteiger partial charge in [0.05, 0.1) is 6.61 Å². The second-order valence-electron chi connectivity index (χ2n) is 8.12. The van der Waals surface area contributed by atoms with Crippen molar-refractivity contribution in [2.75, 3.05) is 6.61 Å². The third-order valence-electron chi connectivity index (χ3n) is 5.53. The van der Waals surface area contributed by atoms with Crippen LogP contribution in [0, 0.1) is 17.6 Å². The van der Waals surface area contributed by atoms with Crippen LogP contribution in [0.4, 0.5) is 13.2 Å². The van der Waals surface area contributed by atoms with Crippen molar-refractivity contribution < 1.29 is 27.4 Å². The van der Waals surface area contributed by atoms with E-state index in [-0.39, 0.29) is 11.5 Å². The van der Waals surface area contributed by atoms with Crippen molar-refractivity contribution in [3.8, 4) is 22.6 Å². The predicted octanol–water partition coefficient (Wildman–Crippen LogP) is 7.66. The van der Waals surface area contributed by atoms with Crippen molar-refractivity contribution in [2.24, 2.45) is 5.92 Å². The Balaban J connectivity index is 1.96. The van der Waals surface area contributed by atoms with E-state index in [2.05, 4.69) is 6.92 Å². The quantitative estimate of drug-likeness (QED) is 0.178. The first kappa shape index (κ1) is 25.8. The number of esters is 1. The van der Waals surface area contributed by atoms with Gasteiger partial charge in [0.15, 0.2) is 29.3 Å². The van der Waals surface area contributed by atoms with E-state index in [1.54, 1.807) is 19.9 Å². The van der Waals surface area contributed by atoms with Gasteiger partial charge in [0.25, 0.3) is 0 Å². The smallest absolute Gasteiger partial charge is 0.346 e. The van der Waals surface area contributed by atoms with Crippen LogP contribution in [-0.4, -0.2) is 18.7 Å². The van der Waals surface area contributed by atoms with Gasteiger partial charge in [-0.25, -0.2) is 18.0 Å². The lowest BCUT2D eigenvalue weighted by Gasteiger charge is -2.14. The highest BCUT2D eigenvalue weighted by atomic mass is 19.1. The molecule has 0 heterocycles. The summed E-state index contributed by atoms with van der Waals surface area (Å²) in [4.78, 5) is 11.8. The second-order valence-corrected chi connectivity index (χ2v) is 8.12. The molecule has 0 spiro atoms. The first-order valence-corrected chi connectivity index (χ1v) is 11.4. The van der Waals surface area contributed by atoms with Gasteiger partial charge in [-0.3, -0.25) is 0 Å². The minimum atomic E-state index is -1.82. The predicted molar refractivity (Wildman–Crippen MR) is 121 cm³/mol. The van der Waals surface area contributed by atoms with Crippen molar-refractivity contribution in [3.05, 3.63) is 48.0 Å². The molecule has 0 radical (unpaired) electrons. The molecule has 0 aromatic heterocycles. The van der Waals surface area contributed by atoms with Crippen LogP contribution in [0.1, 0.15) is 65.7 Å². The van der Waals surface area contributed by atoms with E-state index in [1.807, 2.05) is 0 Å². The average Bonchev–Trinajstić information content (AvgIpc) is 2.79. The molecule has 0 fully saturated rings. The van der Waals surface area contributed by atoms with Gasteiger partial charge in [-0.1, -0.05) is 71.4 Å². The molecule has 2 rings (SSSR count). The molecule has 0 amide bonds. The summed E-state index contributed by atoms with van der Waals surface area (Å²) < 4.78 is 53.2.